The van der Waals surface area contributed by atoms with Gasteiger partial charge < -0.3 is 10.8 Å². The summed E-state index contributed by atoms with van der Waals surface area (Å²) in [5.41, 5.74) is 9.28. The molecule has 3 N–H and O–H groups in total. The Kier molecular flexibility index (Phi) is 2.04. The van der Waals surface area contributed by atoms with Crippen LogP contribution < -0.4 is 5.73 Å². The maximum Gasteiger partial charge on any atom is 0.120 e. The minimum atomic E-state index is -0.264. The molecule has 2 rings (SSSR count). The Morgan fingerprint density at radius 2 is 1.93 bits per heavy atom. The SMILES string of the molecule is Cc1ccc(O)c(C2(N)CCC2)c1C. The van der Waals surface area contributed by atoms with Crippen LogP contribution in [0.1, 0.15) is 36.0 Å². The molecule has 1 aliphatic carbocycles. The number of nitrogens with two attached hydrogens (primary N) is 1. The lowest BCUT2D eigenvalue weighted by Crippen LogP contribution is -2.44. The van der Waals surface area contributed by atoms with E-state index in [9.17, 15) is 5.11 Å². The van der Waals surface area contributed by atoms with Gasteiger partial charge in [-0.05, 0) is 50.3 Å². The summed E-state index contributed by atoms with van der Waals surface area (Å²) in [6.07, 6.45) is 3.15. The van der Waals surface area contributed by atoms with Gasteiger partial charge in [0.15, 0.2) is 0 Å². The van der Waals surface area contributed by atoms with Gasteiger partial charge in [-0.2, -0.15) is 0 Å². The zero-order valence-electron chi connectivity index (χ0n) is 8.80. The van der Waals surface area contributed by atoms with E-state index in [0.29, 0.717) is 5.75 Å². The predicted octanol–water partition coefficient (Wildman–Crippen LogP) is 2.35. The van der Waals surface area contributed by atoms with E-state index < -0.39 is 0 Å². The van der Waals surface area contributed by atoms with Crippen molar-refractivity contribution < 1.29 is 5.11 Å². The van der Waals surface area contributed by atoms with Crippen LogP contribution in [0.3, 0.4) is 0 Å². The van der Waals surface area contributed by atoms with E-state index in [4.69, 9.17) is 5.73 Å². The Hall–Kier alpha value is -1.02. The Balaban J connectivity index is 2.56. The van der Waals surface area contributed by atoms with Crippen molar-refractivity contribution in [3.05, 3.63) is 28.8 Å². The number of aromatic hydroxyl groups is 1. The Morgan fingerprint density at radius 1 is 1.29 bits per heavy atom. The van der Waals surface area contributed by atoms with Crippen molar-refractivity contribution in [2.75, 3.05) is 0 Å². The highest BCUT2D eigenvalue weighted by molar-refractivity contribution is 5.48. The predicted molar refractivity (Wildman–Crippen MR) is 57.3 cm³/mol. The third-order valence-corrected chi connectivity index (χ3v) is 3.46. The van der Waals surface area contributed by atoms with Crippen molar-refractivity contribution in [3.8, 4) is 5.75 Å². The summed E-state index contributed by atoms with van der Waals surface area (Å²) in [7, 11) is 0. The fourth-order valence-corrected chi connectivity index (χ4v) is 2.24. The largest absolute Gasteiger partial charge is 0.508 e. The first-order chi connectivity index (χ1) is 6.54. The van der Waals surface area contributed by atoms with Gasteiger partial charge in [-0.1, -0.05) is 6.07 Å². The first-order valence-corrected chi connectivity index (χ1v) is 5.13. The van der Waals surface area contributed by atoms with E-state index in [1.165, 1.54) is 12.0 Å². The number of aryl methyl sites for hydroxylation is 1. The van der Waals surface area contributed by atoms with Gasteiger partial charge in [0.1, 0.15) is 5.75 Å². The van der Waals surface area contributed by atoms with Crippen LogP contribution in [-0.2, 0) is 5.54 Å². The van der Waals surface area contributed by atoms with Crippen molar-refractivity contribution in [3.63, 3.8) is 0 Å². The Labute approximate surface area is 84.7 Å². The van der Waals surface area contributed by atoms with Gasteiger partial charge in [-0.25, -0.2) is 0 Å². The van der Waals surface area contributed by atoms with Crippen LogP contribution in [0.25, 0.3) is 0 Å². The van der Waals surface area contributed by atoms with Crippen molar-refractivity contribution in [2.45, 2.75) is 38.6 Å². The molecule has 0 radical (unpaired) electrons. The molecule has 0 aliphatic heterocycles. The fourth-order valence-electron chi connectivity index (χ4n) is 2.24. The van der Waals surface area contributed by atoms with Crippen molar-refractivity contribution in [1.82, 2.24) is 0 Å². The second-order valence-electron chi connectivity index (χ2n) is 4.41. The highest BCUT2D eigenvalue weighted by Gasteiger charge is 2.37. The average molecular weight is 191 g/mol. The van der Waals surface area contributed by atoms with Gasteiger partial charge in [0, 0.05) is 11.1 Å². The highest BCUT2D eigenvalue weighted by atomic mass is 16.3. The smallest absolute Gasteiger partial charge is 0.120 e. The fraction of sp³-hybridized carbons (Fsp3) is 0.500. The average Bonchev–Trinajstić information content (AvgIpc) is 2.09. The van der Waals surface area contributed by atoms with Crippen molar-refractivity contribution in [1.29, 1.82) is 0 Å². The minimum Gasteiger partial charge on any atom is -0.508 e. The van der Waals surface area contributed by atoms with Crippen LogP contribution in [0.5, 0.6) is 5.75 Å². The zero-order valence-corrected chi connectivity index (χ0v) is 8.80. The van der Waals surface area contributed by atoms with E-state index in [-0.39, 0.29) is 5.54 Å². The summed E-state index contributed by atoms with van der Waals surface area (Å²) >= 11 is 0. The summed E-state index contributed by atoms with van der Waals surface area (Å²) in [6.45, 7) is 4.09. The standard InChI is InChI=1S/C12H17NO/c1-8-4-5-10(14)11(9(8)2)12(13)6-3-7-12/h4-5,14H,3,6-7,13H2,1-2H3. The van der Waals surface area contributed by atoms with Gasteiger partial charge in [-0.15, -0.1) is 0 Å². The molecule has 0 aromatic heterocycles. The summed E-state index contributed by atoms with van der Waals surface area (Å²) in [5, 5.41) is 9.84. The number of hydrogen-bond acceptors (Lipinski definition) is 2. The molecule has 2 nitrogen and oxygen atoms in total. The number of benzene rings is 1. The van der Waals surface area contributed by atoms with Crippen LogP contribution in [-0.4, -0.2) is 5.11 Å². The number of rotatable bonds is 1. The molecular weight excluding hydrogens is 174 g/mol. The number of phenols is 1. The quantitative estimate of drug-likeness (QED) is 0.715. The molecular formula is C12H17NO. The first kappa shape index (κ1) is 9.53. The van der Waals surface area contributed by atoms with Gasteiger partial charge in [0.2, 0.25) is 0 Å². The second-order valence-corrected chi connectivity index (χ2v) is 4.41. The van der Waals surface area contributed by atoms with E-state index in [2.05, 4.69) is 6.92 Å². The van der Waals surface area contributed by atoms with Gasteiger partial charge in [0.05, 0.1) is 0 Å². The van der Waals surface area contributed by atoms with Crippen molar-refractivity contribution in [2.24, 2.45) is 5.73 Å². The highest BCUT2D eigenvalue weighted by Crippen LogP contribution is 2.44. The monoisotopic (exact) mass is 191 g/mol. The van der Waals surface area contributed by atoms with Crippen LogP contribution in [0.4, 0.5) is 0 Å². The minimum absolute atomic E-state index is 0.264. The van der Waals surface area contributed by atoms with Crippen LogP contribution in [0, 0.1) is 13.8 Å². The molecule has 1 aromatic carbocycles. The molecule has 1 aliphatic rings. The van der Waals surface area contributed by atoms with E-state index in [1.807, 2.05) is 13.0 Å². The number of phenolic OH excluding ortho intramolecular Hbond substituents is 1. The topological polar surface area (TPSA) is 46.2 Å². The Morgan fingerprint density at radius 3 is 2.43 bits per heavy atom. The molecule has 0 heterocycles. The van der Waals surface area contributed by atoms with E-state index in [1.54, 1.807) is 6.07 Å². The molecule has 1 saturated carbocycles. The molecule has 0 atom stereocenters. The van der Waals surface area contributed by atoms with Crippen LogP contribution >= 0.6 is 0 Å². The molecule has 1 fully saturated rings. The van der Waals surface area contributed by atoms with E-state index in [0.717, 1.165) is 24.0 Å². The second kappa shape index (κ2) is 2.99. The zero-order chi connectivity index (χ0) is 10.3. The van der Waals surface area contributed by atoms with Gasteiger partial charge in [-0.3, -0.25) is 0 Å². The first-order valence-electron chi connectivity index (χ1n) is 5.13. The third-order valence-electron chi connectivity index (χ3n) is 3.46. The molecule has 1 aromatic rings. The lowest BCUT2D eigenvalue weighted by Gasteiger charge is -2.40. The normalized spacial score (nSPS) is 19.1. The molecule has 2 heteroatoms. The summed E-state index contributed by atoms with van der Waals surface area (Å²) < 4.78 is 0. The van der Waals surface area contributed by atoms with E-state index >= 15 is 0 Å². The molecule has 0 bridgehead atoms. The van der Waals surface area contributed by atoms with Crippen LogP contribution in [0.2, 0.25) is 0 Å². The molecule has 0 spiro atoms. The Bertz CT molecular complexity index is 367. The summed E-state index contributed by atoms with van der Waals surface area (Å²) in [5.74, 6) is 0.357. The van der Waals surface area contributed by atoms with Gasteiger partial charge >= 0.3 is 0 Å². The maximum atomic E-state index is 9.84. The van der Waals surface area contributed by atoms with Crippen LogP contribution in [0.15, 0.2) is 12.1 Å². The molecule has 76 valence electrons. The summed E-state index contributed by atoms with van der Waals surface area (Å²) in [4.78, 5) is 0. The van der Waals surface area contributed by atoms with Crippen molar-refractivity contribution >= 4 is 0 Å². The number of hydrogen-bond donors (Lipinski definition) is 2. The lowest BCUT2D eigenvalue weighted by atomic mass is 9.70. The lowest BCUT2D eigenvalue weighted by molar-refractivity contribution is 0.244. The third kappa shape index (κ3) is 1.22. The summed E-state index contributed by atoms with van der Waals surface area (Å²) in [6, 6.07) is 3.70. The van der Waals surface area contributed by atoms with Gasteiger partial charge in [0.25, 0.3) is 0 Å². The maximum absolute atomic E-state index is 9.84. The molecule has 0 saturated heterocycles. The molecule has 0 unspecified atom stereocenters. The molecule has 0 amide bonds. The molecule has 14 heavy (non-hydrogen) atoms.